The molecule has 3 heterocycles. The number of pyridine rings is 1. The van der Waals surface area contributed by atoms with E-state index in [1.807, 2.05) is 44.2 Å². The molecule has 0 spiro atoms. The maximum Gasteiger partial charge on any atom is 0.331 e. The van der Waals surface area contributed by atoms with Crippen LogP contribution in [0.1, 0.15) is 34.6 Å². The summed E-state index contributed by atoms with van der Waals surface area (Å²) < 4.78 is 2.68. The Labute approximate surface area is 194 Å². The molecule has 0 unspecified atom stereocenters. The van der Waals surface area contributed by atoms with Gasteiger partial charge in [-0.15, -0.1) is 11.3 Å². The van der Waals surface area contributed by atoms with Gasteiger partial charge in [0, 0.05) is 43.5 Å². The van der Waals surface area contributed by atoms with Gasteiger partial charge in [0.15, 0.2) is 0 Å². The molecule has 0 atom stereocenters. The lowest BCUT2D eigenvalue weighted by Gasteiger charge is -2.15. The van der Waals surface area contributed by atoms with Crippen LogP contribution >= 0.6 is 11.3 Å². The number of hydrogen-bond acceptors (Lipinski definition) is 6. The molecule has 4 aromatic rings. The Morgan fingerprint density at radius 2 is 1.94 bits per heavy atom. The fraction of sp³-hybridized carbons (Fsp3) is 0.333. The van der Waals surface area contributed by atoms with Gasteiger partial charge in [-0.2, -0.15) is 0 Å². The van der Waals surface area contributed by atoms with Gasteiger partial charge in [0.05, 0.1) is 23.6 Å². The number of amides is 1. The molecule has 33 heavy (non-hydrogen) atoms. The fourth-order valence-electron chi connectivity index (χ4n) is 3.98. The topological polar surface area (TPSA) is 86.4 Å². The monoisotopic (exact) mass is 466 g/mol. The van der Waals surface area contributed by atoms with Crippen molar-refractivity contribution in [2.45, 2.75) is 26.8 Å². The van der Waals surface area contributed by atoms with E-state index in [0.29, 0.717) is 22.7 Å². The average Bonchev–Trinajstić information content (AvgIpc) is 3.18. The van der Waals surface area contributed by atoms with E-state index in [9.17, 15) is 14.4 Å². The molecule has 0 aliphatic heterocycles. The Balaban J connectivity index is 2.04. The zero-order valence-electron chi connectivity index (χ0n) is 19.3. The van der Waals surface area contributed by atoms with Gasteiger partial charge in [0.1, 0.15) is 4.83 Å². The number of para-hydroxylation sites is 1. The molecule has 3 aromatic heterocycles. The molecule has 1 amide bonds. The molecule has 8 nitrogen and oxygen atoms in total. The van der Waals surface area contributed by atoms with Gasteiger partial charge in [0.25, 0.3) is 11.5 Å². The first-order chi connectivity index (χ1) is 15.7. The third kappa shape index (κ3) is 3.98. The summed E-state index contributed by atoms with van der Waals surface area (Å²) in [6, 6.07) is 9.71. The normalized spacial score (nSPS) is 11.6. The summed E-state index contributed by atoms with van der Waals surface area (Å²) >= 11 is 1.32. The number of carbonyl (C=O) groups is 1. The number of rotatable bonds is 6. The number of fused-ring (bicyclic) bond motifs is 2. The average molecular weight is 467 g/mol. The predicted octanol–water partition coefficient (Wildman–Crippen LogP) is 3.19. The van der Waals surface area contributed by atoms with Crippen molar-refractivity contribution in [2.75, 3.05) is 14.2 Å². The van der Waals surface area contributed by atoms with E-state index >= 15 is 0 Å². The molecule has 0 fully saturated rings. The van der Waals surface area contributed by atoms with Crippen molar-refractivity contribution in [3.63, 3.8) is 0 Å². The van der Waals surface area contributed by atoms with Crippen LogP contribution in [0.5, 0.6) is 0 Å². The first kappa shape index (κ1) is 22.9. The quantitative estimate of drug-likeness (QED) is 0.408. The maximum absolute atomic E-state index is 13.4. The minimum Gasteiger partial charge on any atom is -0.284 e. The molecule has 0 aliphatic rings. The first-order valence-electron chi connectivity index (χ1n) is 10.6. The fourth-order valence-corrected chi connectivity index (χ4v) is 5.28. The summed E-state index contributed by atoms with van der Waals surface area (Å²) in [6.07, 6.45) is 2.15. The number of hydrogen-bond donors (Lipinski definition) is 0. The maximum atomic E-state index is 13.4. The van der Waals surface area contributed by atoms with Crippen molar-refractivity contribution in [1.29, 1.82) is 0 Å². The molecular formula is C24H26N4O4S. The second-order valence-corrected chi connectivity index (χ2v) is 9.46. The third-order valence-corrected chi connectivity index (χ3v) is 6.87. The number of thiophene rings is 1. The van der Waals surface area contributed by atoms with Gasteiger partial charge in [-0.05, 0) is 23.6 Å². The second-order valence-electron chi connectivity index (χ2n) is 8.38. The lowest BCUT2D eigenvalue weighted by Crippen LogP contribution is -2.39. The third-order valence-electron chi connectivity index (χ3n) is 5.66. The molecule has 0 N–H and O–H groups in total. The lowest BCUT2D eigenvalue weighted by atomic mass is 10.0. The number of benzene rings is 1. The van der Waals surface area contributed by atoms with Crippen LogP contribution in [0.3, 0.4) is 0 Å². The summed E-state index contributed by atoms with van der Waals surface area (Å²) in [7, 11) is 4.35. The molecule has 172 valence electrons. The van der Waals surface area contributed by atoms with Crippen molar-refractivity contribution in [3.8, 4) is 0 Å². The highest BCUT2D eigenvalue weighted by molar-refractivity contribution is 7.19. The van der Waals surface area contributed by atoms with Crippen LogP contribution in [0.25, 0.3) is 21.1 Å². The lowest BCUT2D eigenvalue weighted by molar-refractivity contribution is -0.0756. The van der Waals surface area contributed by atoms with E-state index in [-0.39, 0.29) is 22.6 Å². The summed E-state index contributed by atoms with van der Waals surface area (Å²) in [5.41, 5.74) is 1.24. The molecule has 9 heteroatoms. The Hall–Kier alpha value is -3.30. The Morgan fingerprint density at radius 3 is 2.64 bits per heavy atom. The summed E-state index contributed by atoms with van der Waals surface area (Å²) in [5.74, 6) is -0.247. The summed E-state index contributed by atoms with van der Waals surface area (Å²) in [4.78, 5) is 50.3. The van der Waals surface area contributed by atoms with Gasteiger partial charge in [-0.3, -0.25) is 28.5 Å². The zero-order valence-corrected chi connectivity index (χ0v) is 20.1. The van der Waals surface area contributed by atoms with E-state index in [0.717, 1.165) is 26.1 Å². The number of aromatic nitrogens is 3. The molecular weight excluding hydrogens is 440 g/mol. The van der Waals surface area contributed by atoms with Crippen LogP contribution in [0.2, 0.25) is 0 Å². The van der Waals surface area contributed by atoms with Gasteiger partial charge in [-0.1, -0.05) is 32.0 Å². The minimum absolute atomic E-state index is 0.180. The SMILES string of the molecule is CON(C)C(=O)c1c(Cc2ccnc3ccccc23)sc2c1c(=O)n(C)c(=O)n2CC(C)C. The molecule has 1 aromatic carbocycles. The highest BCUT2D eigenvalue weighted by Crippen LogP contribution is 2.33. The van der Waals surface area contributed by atoms with E-state index in [2.05, 4.69) is 4.98 Å². The summed E-state index contributed by atoms with van der Waals surface area (Å²) in [5, 5.41) is 2.33. The summed E-state index contributed by atoms with van der Waals surface area (Å²) in [6.45, 7) is 4.45. The zero-order chi connectivity index (χ0) is 23.9. The van der Waals surface area contributed by atoms with Gasteiger partial charge < -0.3 is 0 Å². The standard InChI is InChI=1S/C24H26N4O4S/c1-14(2)13-28-23-20(21(29)26(3)24(28)31)19(22(30)27(4)32-5)18(33-23)12-15-10-11-25-17-9-7-6-8-16(15)17/h6-11,14H,12-13H2,1-5H3. The predicted molar refractivity (Wildman–Crippen MR) is 130 cm³/mol. The number of carbonyl (C=O) groups excluding carboxylic acids is 1. The number of nitrogens with zero attached hydrogens (tertiary/aromatic N) is 4. The molecule has 4 rings (SSSR count). The van der Waals surface area contributed by atoms with Crippen LogP contribution in [-0.2, 0) is 24.9 Å². The van der Waals surface area contributed by atoms with E-state index in [1.165, 1.54) is 32.5 Å². The van der Waals surface area contributed by atoms with Gasteiger partial charge in [0.2, 0.25) is 0 Å². The highest BCUT2D eigenvalue weighted by Gasteiger charge is 2.28. The van der Waals surface area contributed by atoms with Crippen LogP contribution in [0.15, 0.2) is 46.1 Å². The van der Waals surface area contributed by atoms with Crippen molar-refractivity contribution in [3.05, 3.63) is 73.4 Å². The van der Waals surface area contributed by atoms with Crippen molar-refractivity contribution in [2.24, 2.45) is 13.0 Å². The first-order valence-corrected chi connectivity index (χ1v) is 11.5. The van der Waals surface area contributed by atoms with Crippen molar-refractivity contribution < 1.29 is 9.63 Å². The Morgan fingerprint density at radius 1 is 1.21 bits per heavy atom. The smallest absolute Gasteiger partial charge is 0.284 e. The van der Waals surface area contributed by atoms with E-state index < -0.39 is 11.5 Å². The Bertz CT molecular complexity index is 1480. The van der Waals surface area contributed by atoms with Crippen LogP contribution in [-0.4, -0.2) is 39.2 Å². The molecule has 0 saturated heterocycles. The van der Waals surface area contributed by atoms with E-state index in [1.54, 1.807) is 10.8 Å². The minimum atomic E-state index is -0.482. The van der Waals surface area contributed by atoms with Gasteiger partial charge >= 0.3 is 5.69 Å². The molecule has 0 saturated carbocycles. The van der Waals surface area contributed by atoms with Crippen LogP contribution in [0, 0.1) is 5.92 Å². The van der Waals surface area contributed by atoms with Crippen molar-refractivity contribution in [1.82, 2.24) is 19.2 Å². The highest BCUT2D eigenvalue weighted by atomic mass is 32.1. The Kier molecular flexibility index (Phi) is 6.18. The molecule has 0 bridgehead atoms. The second kappa shape index (κ2) is 8.92. The molecule has 0 radical (unpaired) electrons. The van der Waals surface area contributed by atoms with Gasteiger partial charge in [-0.25, -0.2) is 9.86 Å². The van der Waals surface area contributed by atoms with Crippen molar-refractivity contribution >= 4 is 38.4 Å². The van der Waals surface area contributed by atoms with Crippen LogP contribution < -0.4 is 11.2 Å². The van der Waals surface area contributed by atoms with Crippen LogP contribution in [0.4, 0.5) is 0 Å². The number of hydroxylamine groups is 2. The largest absolute Gasteiger partial charge is 0.331 e. The van der Waals surface area contributed by atoms with E-state index in [4.69, 9.17) is 4.84 Å². The molecule has 0 aliphatic carbocycles.